The zero-order valence-corrected chi connectivity index (χ0v) is 9.87. The van der Waals surface area contributed by atoms with Gasteiger partial charge in [0.25, 0.3) is 0 Å². The molecule has 2 fully saturated rings. The summed E-state index contributed by atoms with van der Waals surface area (Å²) in [6, 6.07) is 1.59. The number of ether oxygens (including phenoxy) is 1. The molecule has 0 bridgehead atoms. The Morgan fingerprint density at radius 1 is 1.27 bits per heavy atom. The fourth-order valence-electron chi connectivity index (χ4n) is 2.29. The molecule has 2 rings (SSSR count). The van der Waals surface area contributed by atoms with Crippen LogP contribution < -0.4 is 5.32 Å². The maximum Gasteiger partial charge on any atom is 0.0591 e. The summed E-state index contributed by atoms with van der Waals surface area (Å²) in [5, 5.41) is 3.46. The summed E-state index contributed by atoms with van der Waals surface area (Å²) in [5.74, 6) is 0. The van der Waals surface area contributed by atoms with E-state index in [0.717, 1.165) is 31.8 Å². The summed E-state index contributed by atoms with van der Waals surface area (Å²) < 4.78 is 5.63. The van der Waals surface area contributed by atoms with Gasteiger partial charge < -0.3 is 15.0 Å². The Bertz CT molecular complexity index is 182. The van der Waals surface area contributed by atoms with Gasteiger partial charge in [0.1, 0.15) is 0 Å². The normalized spacial score (nSPS) is 27.4. The smallest absolute Gasteiger partial charge is 0.0591 e. The van der Waals surface area contributed by atoms with E-state index >= 15 is 0 Å². The van der Waals surface area contributed by atoms with E-state index in [1.54, 1.807) is 0 Å². The van der Waals surface area contributed by atoms with Crippen molar-refractivity contribution < 1.29 is 4.74 Å². The molecule has 0 aromatic heterocycles. The molecule has 3 nitrogen and oxygen atoms in total. The Balaban J connectivity index is 1.40. The number of hydrogen-bond donors (Lipinski definition) is 1. The van der Waals surface area contributed by atoms with Gasteiger partial charge in [0, 0.05) is 25.2 Å². The summed E-state index contributed by atoms with van der Waals surface area (Å²) in [5.41, 5.74) is 0. The van der Waals surface area contributed by atoms with E-state index in [-0.39, 0.29) is 0 Å². The minimum Gasteiger partial charge on any atom is -0.380 e. The molecule has 0 aromatic rings. The predicted octanol–water partition coefficient (Wildman–Crippen LogP) is 1.24. The molecule has 1 N–H and O–H groups in total. The molecular weight excluding hydrogens is 188 g/mol. The lowest BCUT2D eigenvalue weighted by molar-refractivity contribution is 0.115. The molecule has 1 unspecified atom stereocenters. The topological polar surface area (TPSA) is 24.5 Å². The Kier molecular flexibility index (Phi) is 4.42. The highest BCUT2D eigenvalue weighted by atomic mass is 16.5. The number of nitrogens with one attached hydrogen (secondary N) is 1. The van der Waals surface area contributed by atoms with Crippen molar-refractivity contribution in [2.24, 2.45) is 0 Å². The van der Waals surface area contributed by atoms with Gasteiger partial charge in [0.2, 0.25) is 0 Å². The third kappa shape index (κ3) is 4.09. The number of likely N-dealkylation sites (tertiary alicyclic amines) is 1. The van der Waals surface area contributed by atoms with Crippen LogP contribution in [-0.4, -0.2) is 50.3 Å². The summed E-state index contributed by atoms with van der Waals surface area (Å²) in [6.45, 7) is 4.12. The highest BCUT2D eigenvalue weighted by Crippen LogP contribution is 2.18. The van der Waals surface area contributed by atoms with Crippen molar-refractivity contribution in [2.75, 3.05) is 33.4 Å². The van der Waals surface area contributed by atoms with E-state index in [1.807, 2.05) is 0 Å². The van der Waals surface area contributed by atoms with Crippen molar-refractivity contribution in [1.29, 1.82) is 0 Å². The molecule has 88 valence electrons. The van der Waals surface area contributed by atoms with Crippen LogP contribution in [0.3, 0.4) is 0 Å². The van der Waals surface area contributed by atoms with Gasteiger partial charge in [-0.2, -0.15) is 0 Å². The number of hydrogen-bond acceptors (Lipinski definition) is 3. The predicted molar refractivity (Wildman–Crippen MR) is 62.1 cm³/mol. The Morgan fingerprint density at radius 3 is 2.80 bits per heavy atom. The second kappa shape index (κ2) is 5.83. The van der Waals surface area contributed by atoms with Crippen molar-refractivity contribution in [3.63, 3.8) is 0 Å². The molecule has 1 aliphatic carbocycles. The number of nitrogens with zero attached hydrogens (tertiary/aromatic N) is 1. The number of rotatable bonds is 7. The fourth-order valence-corrected chi connectivity index (χ4v) is 2.29. The Morgan fingerprint density at radius 2 is 2.13 bits per heavy atom. The summed E-state index contributed by atoms with van der Waals surface area (Å²) >= 11 is 0. The second-order valence-electron chi connectivity index (χ2n) is 4.91. The molecule has 15 heavy (non-hydrogen) atoms. The maximum absolute atomic E-state index is 5.63. The average Bonchev–Trinajstić information content (AvgIpc) is 2.96. The van der Waals surface area contributed by atoms with Gasteiger partial charge >= 0.3 is 0 Å². The largest absolute Gasteiger partial charge is 0.380 e. The van der Waals surface area contributed by atoms with Crippen LogP contribution in [0.5, 0.6) is 0 Å². The van der Waals surface area contributed by atoms with Gasteiger partial charge in [0.05, 0.1) is 6.61 Å². The van der Waals surface area contributed by atoms with Crippen LogP contribution >= 0.6 is 0 Å². The fraction of sp³-hybridized carbons (Fsp3) is 1.00. The lowest BCUT2D eigenvalue weighted by Gasteiger charge is -2.18. The lowest BCUT2D eigenvalue weighted by Crippen LogP contribution is -2.27. The quantitative estimate of drug-likeness (QED) is 0.643. The first-order valence-electron chi connectivity index (χ1n) is 6.37. The summed E-state index contributed by atoms with van der Waals surface area (Å²) in [7, 11) is 2.23. The average molecular weight is 212 g/mol. The first kappa shape index (κ1) is 11.4. The molecule has 1 saturated carbocycles. The van der Waals surface area contributed by atoms with E-state index < -0.39 is 0 Å². The van der Waals surface area contributed by atoms with E-state index in [0.29, 0.717) is 0 Å². The first-order chi connectivity index (χ1) is 7.36. The molecule has 2 aliphatic rings. The summed E-state index contributed by atoms with van der Waals surface area (Å²) in [6.07, 6.45) is 6.67. The van der Waals surface area contributed by atoms with Gasteiger partial charge in [-0.05, 0) is 45.7 Å². The zero-order chi connectivity index (χ0) is 10.5. The van der Waals surface area contributed by atoms with Crippen molar-refractivity contribution >= 4 is 0 Å². The molecular formula is C12H24N2O. The Labute approximate surface area is 93.2 Å². The van der Waals surface area contributed by atoms with Crippen LogP contribution in [0.2, 0.25) is 0 Å². The third-order valence-electron chi connectivity index (χ3n) is 3.52. The molecule has 1 heterocycles. The molecule has 0 spiro atoms. The van der Waals surface area contributed by atoms with Gasteiger partial charge in [-0.1, -0.05) is 0 Å². The Hall–Kier alpha value is -0.120. The molecule has 1 saturated heterocycles. The van der Waals surface area contributed by atoms with E-state index in [4.69, 9.17) is 4.74 Å². The van der Waals surface area contributed by atoms with Crippen LogP contribution in [0.25, 0.3) is 0 Å². The SMILES string of the molecule is CN1CCCC1CCOCCNC1CC1. The molecule has 1 aliphatic heterocycles. The maximum atomic E-state index is 5.63. The minimum atomic E-state index is 0.779. The molecule has 3 heteroatoms. The van der Waals surface area contributed by atoms with Gasteiger partial charge in [-0.25, -0.2) is 0 Å². The monoisotopic (exact) mass is 212 g/mol. The van der Waals surface area contributed by atoms with Crippen LogP contribution in [0.15, 0.2) is 0 Å². The summed E-state index contributed by atoms with van der Waals surface area (Å²) in [4.78, 5) is 2.46. The molecule has 1 atom stereocenters. The van der Waals surface area contributed by atoms with Crippen molar-refractivity contribution in [3.05, 3.63) is 0 Å². The highest BCUT2D eigenvalue weighted by molar-refractivity contribution is 4.80. The van der Waals surface area contributed by atoms with E-state index in [2.05, 4.69) is 17.3 Å². The second-order valence-corrected chi connectivity index (χ2v) is 4.91. The van der Waals surface area contributed by atoms with Crippen LogP contribution in [0.4, 0.5) is 0 Å². The standard InChI is InChI=1S/C12H24N2O/c1-14-8-2-3-12(14)6-9-15-10-7-13-11-4-5-11/h11-13H,2-10H2,1H3. The first-order valence-corrected chi connectivity index (χ1v) is 6.37. The van der Waals surface area contributed by atoms with Crippen LogP contribution in [0.1, 0.15) is 32.1 Å². The molecule has 0 aromatic carbocycles. The van der Waals surface area contributed by atoms with E-state index in [9.17, 15) is 0 Å². The van der Waals surface area contributed by atoms with Gasteiger partial charge in [-0.15, -0.1) is 0 Å². The molecule has 0 radical (unpaired) electrons. The van der Waals surface area contributed by atoms with Gasteiger partial charge in [-0.3, -0.25) is 0 Å². The lowest BCUT2D eigenvalue weighted by atomic mass is 10.1. The zero-order valence-electron chi connectivity index (χ0n) is 9.87. The third-order valence-corrected chi connectivity index (χ3v) is 3.52. The minimum absolute atomic E-state index is 0.779. The molecule has 0 amide bonds. The van der Waals surface area contributed by atoms with Crippen LogP contribution in [0, 0.1) is 0 Å². The van der Waals surface area contributed by atoms with Crippen molar-refractivity contribution in [1.82, 2.24) is 10.2 Å². The van der Waals surface area contributed by atoms with Crippen molar-refractivity contribution in [2.45, 2.75) is 44.2 Å². The van der Waals surface area contributed by atoms with Crippen LogP contribution in [-0.2, 0) is 4.74 Å². The van der Waals surface area contributed by atoms with Crippen molar-refractivity contribution in [3.8, 4) is 0 Å². The van der Waals surface area contributed by atoms with Gasteiger partial charge in [0.15, 0.2) is 0 Å². The highest BCUT2D eigenvalue weighted by Gasteiger charge is 2.20. The van der Waals surface area contributed by atoms with E-state index in [1.165, 1.54) is 38.6 Å².